The standard InChI is InChI=1S/C58H36N4O/c1-3-16-37(17-4-1)38-30-32-40(33-31-38)56-59-55(39-18-5-2-6-19-39)60-57(61-56)41-20-15-21-42(36-41)62-50-28-13-9-24-45(50)53-51(62)35-34-49-54(53)63-52-29-14-12-27-48(52)58(49)46-25-10-7-22-43(46)44-23-8-11-26-47(44)58/h1-36H. The van der Waals surface area contributed by atoms with Crippen molar-refractivity contribution in [3.05, 3.63) is 241 Å². The van der Waals surface area contributed by atoms with Crippen LogP contribution in [0.15, 0.2) is 218 Å². The van der Waals surface area contributed by atoms with E-state index in [4.69, 9.17) is 19.7 Å². The summed E-state index contributed by atoms with van der Waals surface area (Å²) in [5.74, 6) is 3.60. The Morgan fingerprint density at radius 2 is 0.889 bits per heavy atom. The molecule has 0 amide bonds. The third kappa shape index (κ3) is 5.27. The molecule has 0 atom stereocenters. The lowest BCUT2D eigenvalue weighted by atomic mass is 9.66. The Balaban J connectivity index is 1.00. The normalized spacial score (nSPS) is 13.0. The zero-order valence-electron chi connectivity index (χ0n) is 34.0. The third-order valence-electron chi connectivity index (χ3n) is 12.9. The molecule has 2 aromatic heterocycles. The second-order valence-electron chi connectivity index (χ2n) is 16.3. The van der Waals surface area contributed by atoms with E-state index in [9.17, 15) is 0 Å². The molecule has 0 saturated carbocycles. The van der Waals surface area contributed by atoms with E-state index in [2.05, 4.69) is 187 Å². The van der Waals surface area contributed by atoms with Crippen molar-refractivity contribution in [3.8, 4) is 73.6 Å². The van der Waals surface area contributed by atoms with Crippen molar-refractivity contribution < 1.29 is 4.74 Å². The van der Waals surface area contributed by atoms with Gasteiger partial charge in [-0.15, -0.1) is 0 Å². The molecule has 0 N–H and O–H groups in total. The Bertz CT molecular complexity index is 3550. The first-order valence-electron chi connectivity index (χ1n) is 21.4. The predicted molar refractivity (Wildman–Crippen MR) is 253 cm³/mol. The molecule has 63 heavy (non-hydrogen) atoms. The summed E-state index contributed by atoms with van der Waals surface area (Å²) in [7, 11) is 0. The average Bonchev–Trinajstić information content (AvgIpc) is 3.86. The summed E-state index contributed by atoms with van der Waals surface area (Å²) < 4.78 is 9.51. The number of hydrogen-bond acceptors (Lipinski definition) is 4. The number of aromatic nitrogens is 4. The molecule has 294 valence electrons. The van der Waals surface area contributed by atoms with Crippen LogP contribution in [0.4, 0.5) is 0 Å². The molecule has 1 aliphatic heterocycles. The van der Waals surface area contributed by atoms with E-state index in [1.165, 1.54) is 22.3 Å². The van der Waals surface area contributed by atoms with Gasteiger partial charge in [-0.3, -0.25) is 0 Å². The van der Waals surface area contributed by atoms with Crippen LogP contribution in [0.1, 0.15) is 22.3 Å². The highest BCUT2D eigenvalue weighted by Gasteiger charge is 2.51. The average molecular weight is 805 g/mol. The molecule has 5 heteroatoms. The number of ether oxygens (including phenoxy) is 1. The van der Waals surface area contributed by atoms with Gasteiger partial charge in [0, 0.05) is 38.9 Å². The highest BCUT2D eigenvalue weighted by atomic mass is 16.5. The summed E-state index contributed by atoms with van der Waals surface area (Å²) in [6.07, 6.45) is 0. The highest BCUT2D eigenvalue weighted by Crippen LogP contribution is 2.63. The van der Waals surface area contributed by atoms with Crippen LogP contribution in [0.2, 0.25) is 0 Å². The minimum absolute atomic E-state index is 0.552. The SMILES string of the molecule is c1ccc(-c2ccc(-c3nc(-c4ccccc4)nc(-c4cccc(-n5c6ccccc6c6c7c(ccc65)C5(c6ccccc6O7)c6ccccc6-c6ccccc65)c4)n3)cc2)cc1. The van der Waals surface area contributed by atoms with Crippen molar-refractivity contribution in [3.63, 3.8) is 0 Å². The summed E-state index contributed by atoms with van der Waals surface area (Å²) in [4.78, 5) is 15.3. The second kappa shape index (κ2) is 13.8. The van der Waals surface area contributed by atoms with E-state index in [-0.39, 0.29) is 0 Å². The molecule has 0 bridgehead atoms. The van der Waals surface area contributed by atoms with Crippen molar-refractivity contribution in [1.29, 1.82) is 0 Å². The number of rotatable bonds is 5. The van der Waals surface area contributed by atoms with Crippen LogP contribution in [0.25, 0.3) is 83.9 Å². The van der Waals surface area contributed by atoms with Gasteiger partial charge in [-0.1, -0.05) is 188 Å². The minimum atomic E-state index is -0.552. The molecule has 3 heterocycles. The Morgan fingerprint density at radius 1 is 0.365 bits per heavy atom. The van der Waals surface area contributed by atoms with Gasteiger partial charge in [0.2, 0.25) is 0 Å². The molecule has 0 radical (unpaired) electrons. The van der Waals surface area contributed by atoms with Gasteiger partial charge in [-0.25, -0.2) is 15.0 Å². The summed E-state index contributed by atoms with van der Waals surface area (Å²) in [5.41, 5.74) is 15.0. The molecule has 11 aromatic rings. The molecule has 1 spiro atoms. The zero-order valence-corrected chi connectivity index (χ0v) is 34.0. The first kappa shape index (κ1) is 35.4. The lowest BCUT2D eigenvalue weighted by Crippen LogP contribution is -2.32. The summed E-state index contributed by atoms with van der Waals surface area (Å²) in [6, 6.07) is 77.1. The molecule has 9 aromatic carbocycles. The van der Waals surface area contributed by atoms with E-state index >= 15 is 0 Å². The molecule has 0 fully saturated rings. The van der Waals surface area contributed by atoms with Crippen LogP contribution in [0.5, 0.6) is 11.5 Å². The maximum atomic E-state index is 7.16. The van der Waals surface area contributed by atoms with Crippen LogP contribution < -0.4 is 4.74 Å². The fourth-order valence-corrected chi connectivity index (χ4v) is 10.2. The van der Waals surface area contributed by atoms with Gasteiger partial charge in [0.15, 0.2) is 17.5 Å². The number of fused-ring (bicyclic) bond motifs is 13. The largest absolute Gasteiger partial charge is 0.456 e. The molecule has 0 unspecified atom stereocenters. The van der Waals surface area contributed by atoms with E-state index in [0.717, 1.165) is 77.9 Å². The third-order valence-corrected chi connectivity index (χ3v) is 12.9. The number of benzene rings is 9. The maximum absolute atomic E-state index is 7.16. The lowest BCUT2D eigenvalue weighted by Gasteiger charge is -2.39. The first-order valence-corrected chi connectivity index (χ1v) is 21.4. The van der Waals surface area contributed by atoms with E-state index in [1.807, 2.05) is 36.4 Å². The van der Waals surface area contributed by atoms with Crippen LogP contribution in [0, 0.1) is 0 Å². The Labute approximate surface area is 364 Å². The maximum Gasteiger partial charge on any atom is 0.164 e. The number of para-hydroxylation sites is 2. The lowest BCUT2D eigenvalue weighted by molar-refractivity contribution is 0.442. The fourth-order valence-electron chi connectivity index (χ4n) is 10.2. The van der Waals surface area contributed by atoms with Crippen molar-refractivity contribution in [1.82, 2.24) is 19.5 Å². The monoisotopic (exact) mass is 804 g/mol. The summed E-state index contributed by atoms with van der Waals surface area (Å²) >= 11 is 0. The van der Waals surface area contributed by atoms with Crippen molar-refractivity contribution >= 4 is 21.8 Å². The van der Waals surface area contributed by atoms with Gasteiger partial charge in [-0.2, -0.15) is 0 Å². The van der Waals surface area contributed by atoms with E-state index < -0.39 is 5.41 Å². The molecular weight excluding hydrogens is 769 g/mol. The van der Waals surface area contributed by atoms with Gasteiger partial charge in [-0.05, 0) is 63.7 Å². The van der Waals surface area contributed by atoms with Crippen molar-refractivity contribution in [2.45, 2.75) is 5.41 Å². The van der Waals surface area contributed by atoms with E-state index in [1.54, 1.807) is 0 Å². The number of nitrogens with zero attached hydrogens (tertiary/aromatic N) is 4. The molecule has 2 aliphatic rings. The van der Waals surface area contributed by atoms with Crippen molar-refractivity contribution in [2.75, 3.05) is 0 Å². The quantitative estimate of drug-likeness (QED) is 0.174. The van der Waals surface area contributed by atoms with Crippen LogP contribution >= 0.6 is 0 Å². The number of hydrogen-bond donors (Lipinski definition) is 0. The predicted octanol–water partition coefficient (Wildman–Crippen LogP) is 14.1. The van der Waals surface area contributed by atoms with E-state index in [0.29, 0.717) is 17.5 Å². The van der Waals surface area contributed by atoms with Gasteiger partial charge < -0.3 is 9.30 Å². The Kier molecular flexibility index (Phi) is 7.75. The highest BCUT2D eigenvalue weighted by molar-refractivity contribution is 6.13. The van der Waals surface area contributed by atoms with Gasteiger partial charge in [0.1, 0.15) is 11.5 Å². The smallest absolute Gasteiger partial charge is 0.164 e. The van der Waals surface area contributed by atoms with Crippen LogP contribution in [0.3, 0.4) is 0 Å². The summed E-state index contributed by atoms with van der Waals surface area (Å²) in [6.45, 7) is 0. The molecule has 1 aliphatic carbocycles. The first-order chi connectivity index (χ1) is 31.2. The molecule has 13 rings (SSSR count). The van der Waals surface area contributed by atoms with Crippen LogP contribution in [-0.2, 0) is 5.41 Å². The second-order valence-corrected chi connectivity index (χ2v) is 16.3. The fraction of sp³-hybridized carbons (Fsp3) is 0.0172. The van der Waals surface area contributed by atoms with Gasteiger partial charge in [0.05, 0.1) is 21.8 Å². The van der Waals surface area contributed by atoms with Gasteiger partial charge >= 0.3 is 0 Å². The van der Waals surface area contributed by atoms with Crippen LogP contribution in [-0.4, -0.2) is 19.5 Å². The topological polar surface area (TPSA) is 52.8 Å². The molecular formula is C58H36N4O. The minimum Gasteiger partial charge on any atom is -0.456 e. The molecule has 5 nitrogen and oxygen atoms in total. The summed E-state index contributed by atoms with van der Waals surface area (Å²) in [5, 5.41) is 2.20. The molecule has 0 saturated heterocycles. The van der Waals surface area contributed by atoms with Gasteiger partial charge in [0.25, 0.3) is 0 Å². The zero-order chi connectivity index (χ0) is 41.5. The Hall–Kier alpha value is -8.41. The van der Waals surface area contributed by atoms with Crippen molar-refractivity contribution in [2.24, 2.45) is 0 Å². The Morgan fingerprint density at radius 3 is 1.60 bits per heavy atom.